The highest BCUT2D eigenvalue weighted by atomic mass is 16.3. The summed E-state index contributed by atoms with van der Waals surface area (Å²) in [5.41, 5.74) is 1.84. The normalized spacial score (nSPS) is 12.4. The largest absolute Gasteiger partial charge is 0.508 e. The predicted octanol–water partition coefficient (Wildman–Crippen LogP) is 3.82. The molecule has 0 heterocycles. The van der Waals surface area contributed by atoms with Crippen molar-refractivity contribution in [1.82, 2.24) is 0 Å². The summed E-state index contributed by atoms with van der Waals surface area (Å²) in [7, 11) is 0. The van der Waals surface area contributed by atoms with E-state index in [1.807, 2.05) is 48.5 Å². The van der Waals surface area contributed by atoms with Gasteiger partial charge in [-0.25, -0.2) is 0 Å². The van der Waals surface area contributed by atoms with Gasteiger partial charge in [-0.1, -0.05) is 54.6 Å². The molecule has 0 spiro atoms. The predicted molar refractivity (Wildman–Crippen MR) is 80.7 cm³/mol. The second kappa shape index (κ2) is 5.35. The molecule has 2 nitrogen and oxygen atoms in total. The van der Waals surface area contributed by atoms with Gasteiger partial charge < -0.3 is 10.2 Å². The SMILES string of the molecule is Oc1cccc(CC(O)c2cccc3ccccc23)c1. The molecule has 100 valence electrons. The van der Waals surface area contributed by atoms with Gasteiger partial charge in [0, 0.05) is 6.42 Å². The molecule has 1 atom stereocenters. The molecule has 0 aliphatic rings. The Morgan fingerprint density at radius 3 is 2.45 bits per heavy atom. The van der Waals surface area contributed by atoms with Crippen molar-refractivity contribution >= 4 is 10.8 Å². The molecule has 20 heavy (non-hydrogen) atoms. The minimum atomic E-state index is -0.581. The number of aromatic hydroxyl groups is 1. The second-order valence-electron chi connectivity index (χ2n) is 4.96. The van der Waals surface area contributed by atoms with Crippen LogP contribution in [0.25, 0.3) is 10.8 Å². The topological polar surface area (TPSA) is 40.5 Å². The van der Waals surface area contributed by atoms with Gasteiger partial charge in [0.05, 0.1) is 6.10 Å². The number of hydrogen-bond donors (Lipinski definition) is 2. The molecule has 0 aliphatic carbocycles. The Morgan fingerprint density at radius 1 is 0.850 bits per heavy atom. The lowest BCUT2D eigenvalue weighted by Crippen LogP contribution is -2.02. The fraction of sp³-hybridized carbons (Fsp3) is 0.111. The number of rotatable bonds is 3. The Labute approximate surface area is 117 Å². The van der Waals surface area contributed by atoms with Gasteiger partial charge in [-0.2, -0.15) is 0 Å². The van der Waals surface area contributed by atoms with Gasteiger partial charge in [0.15, 0.2) is 0 Å². The van der Waals surface area contributed by atoms with Gasteiger partial charge in [0.1, 0.15) is 5.75 Å². The number of phenols is 1. The van der Waals surface area contributed by atoms with E-state index in [0.717, 1.165) is 21.9 Å². The van der Waals surface area contributed by atoms with Gasteiger partial charge >= 0.3 is 0 Å². The van der Waals surface area contributed by atoms with Crippen molar-refractivity contribution in [2.45, 2.75) is 12.5 Å². The summed E-state index contributed by atoms with van der Waals surface area (Å²) in [5, 5.41) is 22.2. The Hall–Kier alpha value is -2.32. The van der Waals surface area contributed by atoms with Crippen LogP contribution in [0.3, 0.4) is 0 Å². The summed E-state index contributed by atoms with van der Waals surface area (Å²) in [5.74, 6) is 0.229. The number of phenolic OH excluding ortho intramolecular Hbond substituents is 1. The summed E-state index contributed by atoms with van der Waals surface area (Å²) in [6.45, 7) is 0. The minimum absolute atomic E-state index is 0.229. The first kappa shape index (κ1) is 12.7. The lowest BCUT2D eigenvalue weighted by Gasteiger charge is -2.14. The highest BCUT2D eigenvalue weighted by molar-refractivity contribution is 5.86. The van der Waals surface area contributed by atoms with Gasteiger partial charge in [0.25, 0.3) is 0 Å². The van der Waals surface area contributed by atoms with Crippen LogP contribution in [-0.4, -0.2) is 10.2 Å². The Bertz CT molecular complexity index is 729. The van der Waals surface area contributed by atoms with E-state index in [1.54, 1.807) is 18.2 Å². The lowest BCUT2D eigenvalue weighted by atomic mass is 9.96. The van der Waals surface area contributed by atoms with Crippen LogP contribution in [-0.2, 0) is 6.42 Å². The quantitative estimate of drug-likeness (QED) is 0.755. The van der Waals surface area contributed by atoms with Crippen molar-refractivity contribution in [3.05, 3.63) is 77.9 Å². The maximum atomic E-state index is 10.5. The molecule has 0 amide bonds. The van der Waals surface area contributed by atoms with Crippen LogP contribution < -0.4 is 0 Å². The molecule has 0 radical (unpaired) electrons. The maximum absolute atomic E-state index is 10.5. The molecule has 2 N–H and O–H groups in total. The number of fused-ring (bicyclic) bond motifs is 1. The summed E-state index contributed by atoms with van der Waals surface area (Å²) < 4.78 is 0. The smallest absolute Gasteiger partial charge is 0.115 e. The van der Waals surface area contributed by atoms with E-state index in [1.165, 1.54) is 0 Å². The Balaban J connectivity index is 1.94. The first-order valence-electron chi connectivity index (χ1n) is 6.68. The summed E-state index contributed by atoms with van der Waals surface area (Å²) in [4.78, 5) is 0. The molecule has 1 unspecified atom stereocenters. The van der Waals surface area contributed by atoms with Crippen LogP contribution >= 0.6 is 0 Å². The van der Waals surface area contributed by atoms with E-state index < -0.39 is 6.10 Å². The third-order valence-electron chi connectivity index (χ3n) is 3.52. The van der Waals surface area contributed by atoms with E-state index in [2.05, 4.69) is 0 Å². The molecule has 0 saturated carbocycles. The van der Waals surface area contributed by atoms with Crippen LogP contribution in [0.1, 0.15) is 17.2 Å². The molecule has 3 rings (SSSR count). The van der Waals surface area contributed by atoms with Crippen LogP contribution in [0, 0.1) is 0 Å². The highest BCUT2D eigenvalue weighted by Gasteiger charge is 2.12. The maximum Gasteiger partial charge on any atom is 0.115 e. The summed E-state index contributed by atoms with van der Waals surface area (Å²) >= 11 is 0. The third kappa shape index (κ3) is 2.51. The number of benzene rings is 3. The van der Waals surface area contributed by atoms with E-state index >= 15 is 0 Å². The second-order valence-corrected chi connectivity index (χ2v) is 4.96. The molecule has 0 bridgehead atoms. The van der Waals surface area contributed by atoms with Crippen molar-refractivity contribution in [2.24, 2.45) is 0 Å². The van der Waals surface area contributed by atoms with Crippen LogP contribution in [0.5, 0.6) is 5.75 Å². The van der Waals surface area contributed by atoms with Crippen molar-refractivity contribution in [3.63, 3.8) is 0 Å². The highest BCUT2D eigenvalue weighted by Crippen LogP contribution is 2.27. The van der Waals surface area contributed by atoms with Crippen molar-refractivity contribution in [3.8, 4) is 5.75 Å². The number of aliphatic hydroxyl groups excluding tert-OH is 1. The van der Waals surface area contributed by atoms with Crippen molar-refractivity contribution in [1.29, 1.82) is 0 Å². The number of hydrogen-bond acceptors (Lipinski definition) is 2. The van der Waals surface area contributed by atoms with Crippen LogP contribution in [0.2, 0.25) is 0 Å². The van der Waals surface area contributed by atoms with E-state index in [0.29, 0.717) is 6.42 Å². The molecule has 0 aromatic heterocycles. The zero-order valence-electron chi connectivity index (χ0n) is 11.0. The Morgan fingerprint density at radius 2 is 1.60 bits per heavy atom. The molecule has 3 aromatic rings. The fourth-order valence-electron chi connectivity index (χ4n) is 2.56. The molecular formula is C18H16O2. The van der Waals surface area contributed by atoms with Gasteiger partial charge in [0.2, 0.25) is 0 Å². The molecule has 2 heteroatoms. The van der Waals surface area contributed by atoms with Crippen LogP contribution in [0.4, 0.5) is 0 Å². The summed E-state index contributed by atoms with van der Waals surface area (Å²) in [6, 6.07) is 21.0. The van der Waals surface area contributed by atoms with E-state index in [4.69, 9.17) is 0 Å². The zero-order chi connectivity index (χ0) is 13.9. The van der Waals surface area contributed by atoms with Gasteiger partial charge in [-0.15, -0.1) is 0 Å². The monoisotopic (exact) mass is 264 g/mol. The molecular weight excluding hydrogens is 248 g/mol. The van der Waals surface area contributed by atoms with Gasteiger partial charge in [-0.05, 0) is 34.0 Å². The average Bonchev–Trinajstić information content (AvgIpc) is 2.46. The standard InChI is InChI=1S/C18H16O2/c19-15-8-3-5-13(11-15)12-18(20)17-10-4-7-14-6-1-2-9-16(14)17/h1-11,18-20H,12H2. The zero-order valence-corrected chi connectivity index (χ0v) is 11.0. The molecule has 0 fully saturated rings. The van der Waals surface area contributed by atoms with E-state index in [9.17, 15) is 10.2 Å². The number of aliphatic hydroxyl groups is 1. The van der Waals surface area contributed by atoms with Crippen LogP contribution in [0.15, 0.2) is 66.7 Å². The average molecular weight is 264 g/mol. The van der Waals surface area contributed by atoms with Gasteiger partial charge in [-0.3, -0.25) is 0 Å². The van der Waals surface area contributed by atoms with E-state index in [-0.39, 0.29) is 5.75 Å². The van der Waals surface area contributed by atoms with Crippen molar-refractivity contribution < 1.29 is 10.2 Å². The lowest BCUT2D eigenvalue weighted by molar-refractivity contribution is 0.180. The molecule has 0 saturated heterocycles. The Kier molecular flexibility index (Phi) is 3.40. The fourth-order valence-corrected chi connectivity index (χ4v) is 2.56. The third-order valence-corrected chi connectivity index (χ3v) is 3.52. The minimum Gasteiger partial charge on any atom is -0.508 e. The first-order chi connectivity index (χ1) is 9.74. The molecule has 0 aliphatic heterocycles. The summed E-state index contributed by atoms with van der Waals surface area (Å²) in [6.07, 6.45) is -0.0921. The molecule has 3 aromatic carbocycles. The first-order valence-corrected chi connectivity index (χ1v) is 6.68. The van der Waals surface area contributed by atoms with Crippen molar-refractivity contribution in [2.75, 3.05) is 0 Å².